The number of anilines is 1. The molecule has 1 heterocycles. The maximum atomic E-state index is 9.17. The topological polar surface area (TPSA) is 49.2 Å². The van der Waals surface area contributed by atoms with Crippen molar-refractivity contribution in [2.24, 2.45) is 0 Å². The summed E-state index contributed by atoms with van der Waals surface area (Å²) in [4.78, 5) is 11.1. The van der Waals surface area contributed by atoms with Crippen LogP contribution in [0.2, 0.25) is 0 Å². The van der Waals surface area contributed by atoms with Gasteiger partial charge < -0.3 is 10.0 Å². The van der Waals surface area contributed by atoms with Crippen molar-refractivity contribution in [3.63, 3.8) is 0 Å². The van der Waals surface area contributed by atoms with E-state index in [1.807, 2.05) is 13.8 Å². The Morgan fingerprint density at radius 1 is 1.24 bits per heavy atom. The molecule has 17 heavy (non-hydrogen) atoms. The van der Waals surface area contributed by atoms with E-state index in [1.54, 1.807) is 6.20 Å². The lowest BCUT2D eigenvalue weighted by Crippen LogP contribution is -2.37. The molecule has 0 aliphatic heterocycles. The molecule has 0 amide bonds. The molecule has 0 saturated carbocycles. The van der Waals surface area contributed by atoms with Crippen LogP contribution < -0.4 is 4.90 Å². The molecule has 0 atom stereocenters. The molecule has 0 unspecified atom stereocenters. The first kappa shape index (κ1) is 13.9. The zero-order valence-corrected chi connectivity index (χ0v) is 11.3. The van der Waals surface area contributed by atoms with Crippen LogP contribution in [0.4, 0.5) is 5.82 Å². The third-order valence-electron chi connectivity index (χ3n) is 3.20. The Balaban J connectivity index is 2.99. The van der Waals surface area contributed by atoms with Gasteiger partial charge in [-0.25, -0.2) is 4.98 Å². The average molecular weight is 237 g/mol. The summed E-state index contributed by atoms with van der Waals surface area (Å²) in [5.74, 6) is 0.871. The van der Waals surface area contributed by atoms with Gasteiger partial charge in [0, 0.05) is 12.6 Å². The zero-order valence-electron chi connectivity index (χ0n) is 11.3. The molecule has 1 aromatic rings. The largest absolute Gasteiger partial charge is 0.395 e. The van der Waals surface area contributed by atoms with Gasteiger partial charge in [0.15, 0.2) is 0 Å². The quantitative estimate of drug-likeness (QED) is 0.823. The molecular weight excluding hydrogens is 214 g/mol. The number of nitrogens with zero attached hydrogens (tertiary/aromatic N) is 3. The normalized spacial score (nSPS) is 10.9. The Hall–Kier alpha value is -1.16. The van der Waals surface area contributed by atoms with Crippen LogP contribution in [0.25, 0.3) is 0 Å². The number of aryl methyl sites for hydroxylation is 2. The third kappa shape index (κ3) is 3.40. The van der Waals surface area contributed by atoms with Gasteiger partial charge in [-0.15, -0.1) is 0 Å². The molecule has 96 valence electrons. The van der Waals surface area contributed by atoms with E-state index >= 15 is 0 Å². The molecule has 0 fully saturated rings. The second-order valence-electron chi connectivity index (χ2n) is 4.29. The SMILES string of the molecule is CCC(CC)N(CCO)c1cnc(C)c(C)n1. The van der Waals surface area contributed by atoms with Gasteiger partial charge in [-0.3, -0.25) is 4.98 Å². The lowest BCUT2D eigenvalue weighted by atomic mass is 10.1. The third-order valence-corrected chi connectivity index (χ3v) is 3.20. The predicted octanol–water partition coefficient (Wildman–Crippen LogP) is 2.08. The second kappa shape index (κ2) is 6.55. The smallest absolute Gasteiger partial charge is 0.147 e. The molecule has 0 aromatic carbocycles. The molecule has 0 spiro atoms. The number of rotatable bonds is 6. The number of hydrogen-bond acceptors (Lipinski definition) is 4. The highest BCUT2D eigenvalue weighted by atomic mass is 16.3. The summed E-state index contributed by atoms with van der Waals surface area (Å²) in [5.41, 5.74) is 1.92. The number of aromatic nitrogens is 2. The second-order valence-corrected chi connectivity index (χ2v) is 4.29. The van der Waals surface area contributed by atoms with E-state index in [0.29, 0.717) is 12.6 Å². The molecule has 0 aliphatic rings. The van der Waals surface area contributed by atoms with Crippen LogP contribution >= 0.6 is 0 Å². The molecule has 0 bridgehead atoms. The number of hydrogen-bond donors (Lipinski definition) is 1. The van der Waals surface area contributed by atoms with Crippen LogP contribution in [0, 0.1) is 13.8 Å². The van der Waals surface area contributed by atoms with Crippen LogP contribution in [0.15, 0.2) is 6.20 Å². The van der Waals surface area contributed by atoms with Crippen molar-refractivity contribution in [3.8, 4) is 0 Å². The number of aliphatic hydroxyl groups is 1. The van der Waals surface area contributed by atoms with E-state index in [4.69, 9.17) is 0 Å². The molecule has 1 rings (SSSR count). The van der Waals surface area contributed by atoms with Crippen molar-refractivity contribution in [2.75, 3.05) is 18.1 Å². The molecule has 0 saturated heterocycles. The number of aliphatic hydroxyl groups excluding tert-OH is 1. The summed E-state index contributed by atoms with van der Waals surface area (Å²) >= 11 is 0. The fourth-order valence-corrected chi connectivity index (χ4v) is 1.99. The van der Waals surface area contributed by atoms with E-state index in [-0.39, 0.29) is 6.61 Å². The van der Waals surface area contributed by atoms with Crippen molar-refractivity contribution < 1.29 is 5.11 Å². The highest BCUT2D eigenvalue weighted by Crippen LogP contribution is 2.18. The first-order valence-corrected chi connectivity index (χ1v) is 6.31. The fraction of sp³-hybridized carbons (Fsp3) is 0.692. The molecule has 1 aromatic heterocycles. The fourth-order valence-electron chi connectivity index (χ4n) is 1.99. The standard InChI is InChI=1S/C13H23N3O/c1-5-12(6-2)16(7-8-17)13-9-14-10(3)11(4)15-13/h9,12,17H,5-8H2,1-4H3. The first-order valence-electron chi connectivity index (χ1n) is 6.31. The Kier molecular flexibility index (Phi) is 5.35. The summed E-state index contributed by atoms with van der Waals surface area (Å²) in [6.07, 6.45) is 3.90. The molecule has 1 N–H and O–H groups in total. The van der Waals surface area contributed by atoms with E-state index in [2.05, 4.69) is 28.7 Å². The van der Waals surface area contributed by atoms with Crippen LogP contribution in [0.5, 0.6) is 0 Å². The summed E-state index contributed by atoms with van der Waals surface area (Å²) in [5, 5.41) is 9.17. The van der Waals surface area contributed by atoms with Gasteiger partial charge in [0.1, 0.15) is 5.82 Å². The Morgan fingerprint density at radius 2 is 1.88 bits per heavy atom. The molecule has 0 aliphatic carbocycles. The Bertz CT molecular complexity index is 351. The summed E-state index contributed by atoms with van der Waals surface area (Å²) in [7, 11) is 0. The molecule has 4 nitrogen and oxygen atoms in total. The minimum absolute atomic E-state index is 0.144. The van der Waals surface area contributed by atoms with E-state index in [0.717, 1.165) is 30.0 Å². The lowest BCUT2D eigenvalue weighted by Gasteiger charge is -2.31. The van der Waals surface area contributed by atoms with Gasteiger partial charge in [-0.1, -0.05) is 13.8 Å². The first-order chi connectivity index (χ1) is 8.13. The van der Waals surface area contributed by atoms with Gasteiger partial charge >= 0.3 is 0 Å². The summed E-state index contributed by atoms with van der Waals surface area (Å²) < 4.78 is 0. The highest BCUT2D eigenvalue weighted by Gasteiger charge is 2.17. The molecule has 4 heteroatoms. The highest BCUT2D eigenvalue weighted by molar-refractivity contribution is 5.38. The van der Waals surface area contributed by atoms with Crippen molar-refractivity contribution in [1.29, 1.82) is 0 Å². The van der Waals surface area contributed by atoms with Gasteiger partial charge in [0.25, 0.3) is 0 Å². The summed E-state index contributed by atoms with van der Waals surface area (Å²) in [6, 6.07) is 0.415. The minimum atomic E-state index is 0.144. The van der Waals surface area contributed by atoms with E-state index < -0.39 is 0 Å². The summed E-state index contributed by atoms with van der Waals surface area (Å²) in [6.45, 7) is 9.00. The zero-order chi connectivity index (χ0) is 12.8. The average Bonchev–Trinajstić information content (AvgIpc) is 2.33. The molecular formula is C13H23N3O. The maximum Gasteiger partial charge on any atom is 0.147 e. The van der Waals surface area contributed by atoms with Crippen molar-refractivity contribution >= 4 is 5.82 Å². The van der Waals surface area contributed by atoms with Gasteiger partial charge in [-0.05, 0) is 26.7 Å². The Labute approximate surface area is 104 Å². The maximum absolute atomic E-state index is 9.17. The van der Waals surface area contributed by atoms with Crippen molar-refractivity contribution in [3.05, 3.63) is 17.6 Å². The predicted molar refractivity (Wildman–Crippen MR) is 70.3 cm³/mol. The lowest BCUT2D eigenvalue weighted by molar-refractivity contribution is 0.295. The van der Waals surface area contributed by atoms with Gasteiger partial charge in [0.2, 0.25) is 0 Å². The van der Waals surface area contributed by atoms with Crippen LogP contribution in [-0.4, -0.2) is 34.3 Å². The van der Waals surface area contributed by atoms with E-state index in [1.165, 1.54) is 0 Å². The minimum Gasteiger partial charge on any atom is -0.395 e. The Morgan fingerprint density at radius 3 is 2.35 bits per heavy atom. The van der Waals surface area contributed by atoms with Gasteiger partial charge in [-0.2, -0.15) is 0 Å². The van der Waals surface area contributed by atoms with Crippen molar-refractivity contribution in [2.45, 2.75) is 46.6 Å². The van der Waals surface area contributed by atoms with Crippen LogP contribution in [0.3, 0.4) is 0 Å². The van der Waals surface area contributed by atoms with Crippen molar-refractivity contribution in [1.82, 2.24) is 9.97 Å². The van der Waals surface area contributed by atoms with Gasteiger partial charge in [0.05, 0.1) is 24.2 Å². The van der Waals surface area contributed by atoms with Crippen LogP contribution in [0.1, 0.15) is 38.1 Å². The monoisotopic (exact) mass is 237 g/mol. The van der Waals surface area contributed by atoms with E-state index in [9.17, 15) is 5.11 Å². The molecule has 0 radical (unpaired) electrons. The van der Waals surface area contributed by atoms with Crippen LogP contribution in [-0.2, 0) is 0 Å².